The van der Waals surface area contributed by atoms with Crippen molar-refractivity contribution in [2.75, 3.05) is 5.32 Å². The van der Waals surface area contributed by atoms with Gasteiger partial charge in [-0.15, -0.1) is 0 Å². The molecule has 0 bridgehead atoms. The summed E-state index contributed by atoms with van der Waals surface area (Å²) in [6.07, 6.45) is 0. The quantitative estimate of drug-likeness (QED) is 0.678. The van der Waals surface area contributed by atoms with E-state index in [2.05, 4.69) is 63.2 Å². The molecule has 2 aromatic rings. The summed E-state index contributed by atoms with van der Waals surface area (Å²) < 4.78 is 2.04. The van der Waals surface area contributed by atoms with Gasteiger partial charge in [0.05, 0.1) is 0 Å². The zero-order valence-electron chi connectivity index (χ0n) is 11.1. The summed E-state index contributed by atoms with van der Waals surface area (Å²) >= 11 is 12.1. The first kappa shape index (κ1) is 15.5. The Morgan fingerprint density at radius 2 is 1.65 bits per heavy atom. The van der Waals surface area contributed by atoms with Crippen molar-refractivity contribution in [1.82, 2.24) is 0 Å². The second-order valence-electron chi connectivity index (χ2n) is 4.61. The molecule has 104 valence electrons. The summed E-state index contributed by atoms with van der Waals surface area (Å²) in [5.74, 6) is 0. The summed E-state index contributed by atoms with van der Waals surface area (Å²) in [7, 11) is 0. The number of halogens is 2. The molecule has 0 saturated heterocycles. The van der Waals surface area contributed by atoms with Crippen molar-refractivity contribution < 1.29 is 0 Å². The molecule has 20 heavy (non-hydrogen) atoms. The molecule has 3 N–H and O–H groups in total. The molecule has 0 aromatic heterocycles. The molecule has 0 spiro atoms. The molecule has 0 atom stereocenters. The number of nitrogens with one attached hydrogen (secondary N) is 1. The van der Waals surface area contributed by atoms with E-state index in [4.69, 9.17) is 18.0 Å². The lowest BCUT2D eigenvalue weighted by Gasteiger charge is -2.12. The monoisotopic (exact) mass is 412 g/mol. The Balaban J connectivity index is 2.31. The maximum Gasteiger partial charge on any atom is 0.105 e. The minimum Gasteiger partial charge on any atom is -0.389 e. The van der Waals surface area contributed by atoms with Crippen molar-refractivity contribution in [3.8, 4) is 0 Å². The fourth-order valence-electron chi connectivity index (χ4n) is 1.98. The highest BCUT2D eigenvalue weighted by Crippen LogP contribution is 2.28. The van der Waals surface area contributed by atoms with Crippen molar-refractivity contribution >= 4 is 60.4 Å². The van der Waals surface area contributed by atoms with Gasteiger partial charge in [-0.05, 0) is 71.2 Å². The second-order valence-corrected chi connectivity index (χ2v) is 6.70. The summed E-state index contributed by atoms with van der Waals surface area (Å²) in [6.45, 7) is 4.16. The van der Waals surface area contributed by atoms with Crippen LogP contribution < -0.4 is 11.1 Å². The van der Waals surface area contributed by atoms with E-state index in [0.29, 0.717) is 4.99 Å². The summed E-state index contributed by atoms with van der Waals surface area (Å²) in [5, 5.41) is 3.38. The first-order valence-corrected chi connectivity index (χ1v) is 8.01. The van der Waals surface area contributed by atoms with E-state index >= 15 is 0 Å². The van der Waals surface area contributed by atoms with Gasteiger partial charge in [-0.1, -0.05) is 28.1 Å². The van der Waals surface area contributed by atoms with E-state index in [1.165, 1.54) is 11.1 Å². The van der Waals surface area contributed by atoms with Gasteiger partial charge in [0.25, 0.3) is 0 Å². The highest BCUT2D eigenvalue weighted by atomic mass is 79.9. The zero-order valence-corrected chi connectivity index (χ0v) is 15.1. The van der Waals surface area contributed by atoms with Crippen molar-refractivity contribution in [1.29, 1.82) is 0 Å². The van der Waals surface area contributed by atoms with Crippen molar-refractivity contribution in [2.45, 2.75) is 13.8 Å². The third-order valence-electron chi connectivity index (χ3n) is 2.96. The van der Waals surface area contributed by atoms with Gasteiger partial charge in [-0.25, -0.2) is 0 Å². The molecule has 0 radical (unpaired) electrons. The Labute approximate surface area is 141 Å². The Kier molecular flexibility index (Phi) is 4.83. The maximum absolute atomic E-state index is 5.65. The molecule has 0 aliphatic heterocycles. The molecule has 0 fully saturated rings. The second kappa shape index (κ2) is 6.24. The molecule has 0 unspecified atom stereocenters. The molecule has 0 amide bonds. The van der Waals surface area contributed by atoms with Crippen LogP contribution in [0.15, 0.2) is 39.3 Å². The average molecular weight is 414 g/mol. The third kappa shape index (κ3) is 3.40. The van der Waals surface area contributed by atoms with Gasteiger partial charge in [0, 0.05) is 25.9 Å². The van der Waals surface area contributed by atoms with Gasteiger partial charge >= 0.3 is 0 Å². The number of hydrogen-bond acceptors (Lipinski definition) is 2. The highest BCUT2D eigenvalue weighted by molar-refractivity contribution is 9.10. The van der Waals surface area contributed by atoms with Crippen LogP contribution in [0.5, 0.6) is 0 Å². The van der Waals surface area contributed by atoms with E-state index in [1.54, 1.807) is 0 Å². The number of hydrogen-bond donors (Lipinski definition) is 2. The Morgan fingerprint density at radius 3 is 2.15 bits per heavy atom. The van der Waals surface area contributed by atoms with E-state index in [-0.39, 0.29) is 0 Å². The minimum atomic E-state index is 0.388. The number of nitrogens with two attached hydrogens (primary N) is 1. The molecule has 2 nitrogen and oxygen atoms in total. The molecule has 0 aliphatic rings. The molecule has 0 aliphatic carbocycles. The van der Waals surface area contributed by atoms with Crippen LogP contribution in [0.3, 0.4) is 0 Å². The number of anilines is 2. The predicted molar refractivity (Wildman–Crippen MR) is 96.9 cm³/mol. The number of rotatable bonds is 3. The first-order chi connectivity index (χ1) is 9.38. The van der Waals surface area contributed by atoms with Gasteiger partial charge in [0.2, 0.25) is 0 Å². The molecule has 2 aromatic carbocycles. The van der Waals surface area contributed by atoms with Crippen molar-refractivity contribution in [2.24, 2.45) is 5.73 Å². The van der Waals surface area contributed by atoms with Crippen molar-refractivity contribution in [3.63, 3.8) is 0 Å². The summed E-state index contributed by atoms with van der Waals surface area (Å²) in [5.41, 5.74) is 10.9. The largest absolute Gasteiger partial charge is 0.389 e. The molecule has 0 saturated carbocycles. The fourth-order valence-corrected chi connectivity index (χ4v) is 3.11. The van der Waals surface area contributed by atoms with Crippen LogP contribution in [0.4, 0.5) is 11.4 Å². The van der Waals surface area contributed by atoms with Crippen LogP contribution in [-0.2, 0) is 0 Å². The van der Waals surface area contributed by atoms with Gasteiger partial charge in [0.15, 0.2) is 0 Å². The Hall–Kier alpha value is -0.910. The van der Waals surface area contributed by atoms with Gasteiger partial charge in [0.1, 0.15) is 4.99 Å². The number of benzene rings is 2. The van der Waals surface area contributed by atoms with Gasteiger partial charge < -0.3 is 11.1 Å². The summed E-state index contributed by atoms with van der Waals surface area (Å²) in [6, 6.07) is 10.1. The highest BCUT2D eigenvalue weighted by Gasteiger charge is 2.06. The van der Waals surface area contributed by atoms with Crippen molar-refractivity contribution in [3.05, 3.63) is 56.0 Å². The zero-order chi connectivity index (χ0) is 14.9. The number of aryl methyl sites for hydroxylation is 2. The predicted octanol–water partition coefficient (Wildman–Crippen LogP) is 5.21. The standard InChI is InChI=1S/C15H14Br2N2S/c1-8-5-11(6-9(2)14(8)17)19-10-3-4-12(15(18)20)13(16)7-10/h3-7,19H,1-2H3,(H2,18,20). The maximum atomic E-state index is 5.65. The minimum absolute atomic E-state index is 0.388. The van der Waals surface area contributed by atoms with Crippen LogP contribution in [0.1, 0.15) is 16.7 Å². The van der Waals surface area contributed by atoms with Crippen LogP contribution in [-0.4, -0.2) is 4.99 Å². The van der Waals surface area contributed by atoms with Gasteiger partial charge in [-0.3, -0.25) is 0 Å². The van der Waals surface area contributed by atoms with E-state index in [0.717, 1.165) is 25.9 Å². The molecule has 2 rings (SSSR count). The van der Waals surface area contributed by atoms with E-state index < -0.39 is 0 Å². The smallest absolute Gasteiger partial charge is 0.105 e. The fraction of sp³-hybridized carbons (Fsp3) is 0.133. The topological polar surface area (TPSA) is 38.0 Å². The third-order valence-corrected chi connectivity index (χ3v) is 5.09. The van der Waals surface area contributed by atoms with Crippen LogP contribution in [0, 0.1) is 13.8 Å². The van der Waals surface area contributed by atoms with Crippen LogP contribution >= 0.6 is 44.1 Å². The Bertz CT molecular complexity index is 661. The lowest BCUT2D eigenvalue weighted by molar-refractivity contribution is 1.33. The van der Waals surface area contributed by atoms with E-state index in [1.807, 2.05) is 18.2 Å². The average Bonchev–Trinajstić information content (AvgIpc) is 2.35. The molecule has 0 heterocycles. The Morgan fingerprint density at radius 1 is 1.05 bits per heavy atom. The lowest BCUT2D eigenvalue weighted by atomic mass is 10.1. The SMILES string of the molecule is Cc1cc(Nc2ccc(C(N)=S)c(Br)c2)cc(C)c1Br. The molecular weight excluding hydrogens is 400 g/mol. The first-order valence-electron chi connectivity index (χ1n) is 6.01. The molecule has 5 heteroatoms. The van der Waals surface area contributed by atoms with Crippen LogP contribution in [0.25, 0.3) is 0 Å². The van der Waals surface area contributed by atoms with Crippen LogP contribution in [0.2, 0.25) is 0 Å². The lowest BCUT2D eigenvalue weighted by Crippen LogP contribution is -2.10. The number of thiocarbonyl (C=S) groups is 1. The molecular formula is C15H14Br2N2S. The van der Waals surface area contributed by atoms with Gasteiger partial charge in [-0.2, -0.15) is 0 Å². The summed E-state index contributed by atoms with van der Waals surface area (Å²) in [4.78, 5) is 0.388. The van der Waals surface area contributed by atoms with E-state index in [9.17, 15) is 0 Å². The normalized spacial score (nSPS) is 10.4.